The van der Waals surface area contributed by atoms with E-state index in [1.165, 1.54) is 6.20 Å². The van der Waals surface area contributed by atoms with Crippen LogP contribution in [0.4, 0.5) is 13.2 Å². The first-order chi connectivity index (χ1) is 7.43. The van der Waals surface area contributed by atoms with E-state index in [0.29, 0.717) is 11.4 Å². The number of hydrogen-bond donors (Lipinski definition) is 0. The van der Waals surface area contributed by atoms with Crippen molar-refractivity contribution in [2.75, 3.05) is 0 Å². The molecule has 16 heavy (non-hydrogen) atoms. The molecule has 0 aliphatic carbocycles. The van der Waals surface area contributed by atoms with Gasteiger partial charge in [-0.25, -0.2) is 4.98 Å². The highest BCUT2D eigenvalue weighted by Crippen LogP contribution is 2.30. The van der Waals surface area contributed by atoms with Gasteiger partial charge in [0.1, 0.15) is 5.65 Å². The number of aromatic nitrogens is 2. The lowest BCUT2D eigenvalue weighted by atomic mass is 10.2. The molecule has 0 N–H and O–H groups in total. The molecule has 0 atom stereocenters. The Morgan fingerprint density at radius 3 is 2.69 bits per heavy atom. The van der Waals surface area contributed by atoms with Crippen molar-refractivity contribution in [1.29, 1.82) is 0 Å². The van der Waals surface area contributed by atoms with Crippen LogP contribution in [-0.2, 0) is 12.1 Å². The second-order valence-corrected chi connectivity index (χ2v) is 3.69. The summed E-state index contributed by atoms with van der Waals surface area (Å²) in [4.78, 5) is 4.04. The van der Waals surface area contributed by atoms with E-state index in [0.717, 1.165) is 12.1 Å². The molecular formula is C10H8ClF3N2. The molecule has 2 aromatic rings. The van der Waals surface area contributed by atoms with Crippen molar-refractivity contribution >= 4 is 17.2 Å². The van der Waals surface area contributed by atoms with Crippen LogP contribution in [0.25, 0.3) is 5.65 Å². The minimum absolute atomic E-state index is 0.221. The minimum atomic E-state index is -4.34. The Morgan fingerprint density at radius 1 is 1.44 bits per heavy atom. The summed E-state index contributed by atoms with van der Waals surface area (Å²) in [6, 6.07) is 2.03. The number of imidazole rings is 1. The van der Waals surface area contributed by atoms with Crippen molar-refractivity contribution < 1.29 is 13.2 Å². The second kappa shape index (κ2) is 3.66. The fourth-order valence-electron chi connectivity index (χ4n) is 1.55. The molecule has 0 fully saturated rings. The van der Waals surface area contributed by atoms with Crippen LogP contribution >= 0.6 is 11.6 Å². The van der Waals surface area contributed by atoms with Crippen LogP contribution in [0.1, 0.15) is 17.0 Å². The summed E-state index contributed by atoms with van der Waals surface area (Å²) in [6.45, 7) is 1.72. The molecule has 0 spiro atoms. The molecule has 0 aliphatic rings. The fourth-order valence-corrected chi connectivity index (χ4v) is 1.87. The Morgan fingerprint density at radius 2 is 2.12 bits per heavy atom. The summed E-state index contributed by atoms with van der Waals surface area (Å²) in [5, 5.41) is 0. The first-order valence-electron chi connectivity index (χ1n) is 4.54. The number of aryl methyl sites for hydroxylation is 1. The molecule has 2 rings (SSSR count). The van der Waals surface area contributed by atoms with Gasteiger partial charge in [-0.15, -0.1) is 11.6 Å². The molecule has 2 aromatic heterocycles. The van der Waals surface area contributed by atoms with Crippen LogP contribution in [0.3, 0.4) is 0 Å². The van der Waals surface area contributed by atoms with Crippen molar-refractivity contribution in [2.24, 2.45) is 0 Å². The van der Waals surface area contributed by atoms with Gasteiger partial charge < -0.3 is 4.40 Å². The molecule has 0 aliphatic heterocycles. The SMILES string of the molecule is Cc1nc2cc(C(F)(F)F)ccn2c1CCl. The van der Waals surface area contributed by atoms with Crippen molar-refractivity contribution in [3.05, 3.63) is 35.3 Å². The zero-order chi connectivity index (χ0) is 11.9. The second-order valence-electron chi connectivity index (χ2n) is 3.42. The van der Waals surface area contributed by atoms with Gasteiger partial charge in [0.25, 0.3) is 0 Å². The van der Waals surface area contributed by atoms with Gasteiger partial charge in [-0.1, -0.05) is 0 Å². The average molecular weight is 249 g/mol. The Labute approximate surface area is 94.7 Å². The van der Waals surface area contributed by atoms with Gasteiger partial charge in [0, 0.05) is 6.20 Å². The maximum atomic E-state index is 12.4. The van der Waals surface area contributed by atoms with Crippen molar-refractivity contribution in [3.8, 4) is 0 Å². The topological polar surface area (TPSA) is 17.3 Å². The molecule has 6 heteroatoms. The monoisotopic (exact) mass is 248 g/mol. The minimum Gasteiger partial charge on any atom is -0.303 e. The third-order valence-electron chi connectivity index (χ3n) is 2.38. The van der Waals surface area contributed by atoms with Gasteiger partial charge in [0.15, 0.2) is 0 Å². The molecule has 0 unspecified atom stereocenters. The molecule has 0 aromatic carbocycles. The van der Waals surface area contributed by atoms with Crippen LogP contribution < -0.4 is 0 Å². The fraction of sp³-hybridized carbons (Fsp3) is 0.300. The van der Waals surface area contributed by atoms with Crippen LogP contribution in [0.2, 0.25) is 0 Å². The zero-order valence-corrected chi connectivity index (χ0v) is 9.10. The van der Waals surface area contributed by atoms with Crippen LogP contribution in [0.5, 0.6) is 0 Å². The van der Waals surface area contributed by atoms with Crippen molar-refractivity contribution in [2.45, 2.75) is 19.0 Å². The van der Waals surface area contributed by atoms with Gasteiger partial charge in [0.05, 0.1) is 22.8 Å². The molecule has 0 saturated carbocycles. The predicted molar refractivity (Wildman–Crippen MR) is 54.5 cm³/mol. The number of hydrogen-bond acceptors (Lipinski definition) is 1. The van der Waals surface area contributed by atoms with Crippen molar-refractivity contribution in [1.82, 2.24) is 9.38 Å². The van der Waals surface area contributed by atoms with E-state index in [2.05, 4.69) is 4.98 Å². The number of fused-ring (bicyclic) bond motifs is 1. The first kappa shape index (κ1) is 11.3. The number of pyridine rings is 1. The lowest BCUT2D eigenvalue weighted by Gasteiger charge is -2.06. The predicted octanol–water partition coefficient (Wildman–Crippen LogP) is 3.40. The van der Waals surface area contributed by atoms with E-state index >= 15 is 0 Å². The lowest BCUT2D eigenvalue weighted by molar-refractivity contribution is -0.137. The number of halogens is 4. The third kappa shape index (κ3) is 1.75. The summed E-state index contributed by atoms with van der Waals surface area (Å²) < 4.78 is 38.9. The maximum Gasteiger partial charge on any atom is 0.416 e. The van der Waals surface area contributed by atoms with E-state index < -0.39 is 11.7 Å². The summed E-state index contributed by atoms with van der Waals surface area (Å²) in [5.74, 6) is 0.221. The van der Waals surface area contributed by atoms with Gasteiger partial charge in [-0.05, 0) is 19.1 Å². The lowest BCUT2D eigenvalue weighted by Crippen LogP contribution is -2.05. The van der Waals surface area contributed by atoms with Gasteiger partial charge >= 0.3 is 6.18 Å². The van der Waals surface area contributed by atoms with E-state index in [1.54, 1.807) is 11.3 Å². The molecule has 0 saturated heterocycles. The van der Waals surface area contributed by atoms with Crippen LogP contribution in [-0.4, -0.2) is 9.38 Å². The largest absolute Gasteiger partial charge is 0.416 e. The summed E-state index contributed by atoms with van der Waals surface area (Å²) in [5.41, 5.74) is 0.925. The van der Waals surface area contributed by atoms with Gasteiger partial charge in [-0.2, -0.15) is 13.2 Å². The highest BCUT2D eigenvalue weighted by atomic mass is 35.5. The molecule has 0 bridgehead atoms. The molecule has 0 amide bonds. The third-order valence-corrected chi connectivity index (χ3v) is 2.63. The maximum absolute atomic E-state index is 12.4. The Hall–Kier alpha value is -1.23. The summed E-state index contributed by atoms with van der Waals surface area (Å²) in [7, 11) is 0. The highest BCUT2D eigenvalue weighted by molar-refractivity contribution is 6.17. The van der Waals surface area contributed by atoms with Crippen LogP contribution in [0, 0.1) is 6.92 Å². The van der Waals surface area contributed by atoms with E-state index in [1.807, 2.05) is 0 Å². The number of alkyl halides is 4. The Balaban J connectivity index is 2.65. The Kier molecular flexibility index (Phi) is 2.58. The van der Waals surface area contributed by atoms with E-state index in [9.17, 15) is 13.2 Å². The van der Waals surface area contributed by atoms with Crippen LogP contribution in [0.15, 0.2) is 18.3 Å². The summed E-state index contributed by atoms with van der Waals surface area (Å²) >= 11 is 5.70. The smallest absolute Gasteiger partial charge is 0.303 e. The zero-order valence-electron chi connectivity index (χ0n) is 8.35. The van der Waals surface area contributed by atoms with E-state index in [-0.39, 0.29) is 11.5 Å². The molecule has 0 radical (unpaired) electrons. The molecular weight excluding hydrogens is 241 g/mol. The van der Waals surface area contributed by atoms with Gasteiger partial charge in [-0.3, -0.25) is 0 Å². The van der Waals surface area contributed by atoms with E-state index in [4.69, 9.17) is 11.6 Å². The Bertz CT molecular complexity index is 531. The normalized spacial score (nSPS) is 12.3. The number of rotatable bonds is 1. The van der Waals surface area contributed by atoms with Gasteiger partial charge in [0.2, 0.25) is 0 Å². The molecule has 86 valence electrons. The first-order valence-corrected chi connectivity index (χ1v) is 5.07. The quantitative estimate of drug-likeness (QED) is 0.707. The summed E-state index contributed by atoms with van der Waals surface area (Å²) in [6.07, 6.45) is -3.00. The standard InChI is InChI=1S/C10H8ClF3N2/c1-6-8(5-11)16-3-2-7(10(12,13)14)4-9(16)15-6/h2-4H,5H2,1H3. The average Bonchev–Trinajstić information content (AvgIpc) is 2.50. The molecule has 2 heterocycles. The highest BCUT2D eigenvalue weighted by Gasteiger charge is 2.31. The number of nitrogens with zero attached hydrogens (tertiary/aromatic N) is 2. The molecule has 2 nitrogen and oxygen atoms in total. The van der Waals surface area contributed by atoms with Crippen molar-refractivity contribution in [3.63, 3.8) is 0 Å².